The number of aliphatic hydroxyl groups is 1. The molecule has 0 unspecified atom stereocenters. The molecule has 0 saturated heterocycles. The first-order chi connectivity index (χ1) is 18.4. The molecule has 1 aliphatic heterocycles. The Balaban J connectivity index is 1.68. The van der Waals surface area contributed by atoms with E-state index in [-0.39, 0.29) is 51.7 Å². The van der Waals surface area contributed by atoms with Crippen molar-refractivity contribution < 1.29 is 31.5 Å². The molecule has 1 aliphatic rings. The Morgan fingerprint density at radius 1 is 1.13 bits per heavy atom. The predicted molar refractivity (Wildman–Crippen MR) is 149 cm³/mol. The van der Waals surface area contributed by atoms with Gasteiger partial charge in [-0.25, -0.2) is 16.8 Å². The molecule has 3 aromatic rings. The van der Waals surface area contributed by atoms with Gasteiger partial charge in [-0.15, -0.1) is 11.3 Å². The highest BCUT2D eigenvalue weighted by atomic mass is 32.2. The van der Waals surface area contributed by atoms with Crippen molar-refractivity contribution in [1.29, 1.82) is 0 Å². The van der Waals surface area contributed by atoms with Gasteiger partial charge in [0.15, 0.2) is 0 Å². The molecule has 0 aliphatic carbocycles. The second kappa shape index (κ2) is 11.6. The number of ether oxygens (including phenoxy) is 1. The maximum atomic E-state index is 13.6. The Morgan fingerprint density at radius 2 is 1.85 bits per heavy atom. The first kappa shape index (κ1) is 29.0. The quantitative estimate of drug-likeness (QED) is 0.390. The molecule has 3 atom stereocenters. The van der Waals surface area contributed by atoms with Crippen LogP contribution in [0.15, 0.2) is 75.1 Å². The van der Waals surface area contributed by atoms with Crippen LogP contribution in [0.1, 0.15) is 24.2 Å². The van der Waals surface area contributed by atoms with Crippen molar-refractivity contribution in [2.24, 2.45) is 5.92 Å². The standard InChI is InChI=1S/C26H31N3O7S3/c1-18-15-29(19(2)17-30)26(31)22-14-20(27-38(32,33)25-10-7-13-37-25)11-12-23(22)36-24(18)16-28(3)39(34,35)21-8-5-4-6-9-21/h4-14,18-19,24,27,30H,15-17H2,1-3H3/t18-,19-,24+/m1/s1. The molecule has 10 nitrogen and oxygen atoms in total. The van der Waals surface area contributed by atoms with Gasteiger partial charge in [0.25, 0.3) is 15.9 Å². The van der Waals surface area contributed by atoms with Crippen LogP contribution in [0.25, 0.3) is 0 Å². The van der Waals surface area contributed by atoms with Crippen LogP contribution < -0.4 is 9.46 Å². The summed E-state index contributed by atoms with van der Waals surface area (Å²) in [6.07, 6.45) is -0.651. The van der Waals surface area contributed by atoms with Crippen molar-refractivity contribution in [3.63, 3.8) is 0 Å². The zero-order chi connectivity index (χ0) is 28.4. The minimum atomic E-state index is -3.85. The summed E-state index contributed by atoms with van der Waals surface area (Å²) in [6, 6.07) is 15.0. The fourth-order valence-corrected chi connectivity index (χ4v) is 7.50. The van der Waals surface area contributed by atoms with Crippen LogP contribution in [0, 0.1) is 5.92 Å². The lowest BCUT2D eigenvalue weighted by Gasteiger charge is -2.38. The predicted octanol–water partition coefficient (Wildman–Crippen LogP) is 3.09. The van der Waals surface area contributed by atoms with Crippen molar-refractivity contribution in [3.05, 3.63) is 71.6 Å². The first-order valence-corrected chi connectivity index (χ1v) is 16.0. The van der Waals surface area contributed by atoms with Crippen molar-refractivity contribution in [2.75, 3.05) is 31.5 Å². The summed E-state index contributed by atoms with van der Waals surface area (Å²) in [5, 5.41) is 11.5. The van der Waals surface area contributed by atoms with Crippen molar-refractivity contribution in [2.45, 2.75) is 35.1 Å². The normalized spacial score (nSPS) is 19.1. The largest absolute Gasteiger partial charge is 0.488 e. The van der Waals surface area contributed by atoms with Crippen LogP contribution in [0.3, 0.4) is 0 Å². The number of carbonyl (C=O) groups excluding carboxylic acids is 1. The molecule has 39 heavy (non-hydrogen) atoms. The molecule has 0 spiro atoms. The van der Waals surface area contributed by atoms with Crippen molar-refractivity contribution >= 4 is 43.0 Å². The van der Waals surface area contributed by atoms with Gasteiger partial charge in [-0.05, 0) is 48.7 Å². The maximum absolute atomic E-state index is 13.6. The molecule has 2 heterocycles. The monoisotopic (exact) mass is 593 g/mol. The van der Waals surface area contributed by atoms with E-state index in [0.717, 1.165) is 11.3 Å². The summed E-state index contributed by atoms with van der Waals surface area (Å²) in [7, 11) is -6.18. The summed E-state index contributed by atoms with van der Waals surface area (Å²) in [5.74, 6) is -0.544. The number of nitrogens with one attached hydrogen (secondary N) is 1. The van der Waals surface area contributed by atoms with E-state index < -0.39 is 38.1 Å². The summed E-state index contributed by atoms with van der Waals surface area (Å²) < 4.78 is 61.9. The van der Waals surface area contributed by atoms with E-state index in [2.05, 4.69) is 4.72 Å². The average Bonchev–Trinajstić information content (AvgIpc) is 3.47. The molecule has 2 aromatic carbocycles. The lowest BCUT2D eigenvalue weighted by atomic mass is 9.99. The first-order valence-electron chi connectivity index (χ1n) is 12.2. The Hall–Kier alpha value is -2.97. The molecule has 1 amide bonds. The van der Waals surface area contributed by atoms with Gasteiger partial charge >= 0.3 is 0 Å². The van der Waals surface area contributed by atoms with Crippen LogP contribution in [0.4, 0.5) is 5.69 Å². The number of hydrogen-bond acceptors (Lipinski definition) is 8. The van der Waals surface area contributed by atoms with E-state index in [1.54, 1.807) is 36.6 Å². The molecule has 4 rings (SSSR count). The second-order valence-corrected chi connectivity index (χ2v) is 14.4. The summed E-state index contributed by atoms with van der Waals surface area (Å²) in [6.45, 7) is 3.46. The molecule has 210 valence electrons. The second-order valence-electron chi connectivity index (χ2n) is 9.47. The number of aliphatic hydroxyl groups excluding tert-OH is 1. The van der Waals surface area contributed by atoms with Gasteiger partial charge in [-0.3, -0.25) is 9.52 Å². The van der Waals surface area contributed by atoms with Crippen molar-refractivity contribution in [3.8, 4) is 5.75 Å². The van der Waals surface area contributed by atoms with E-state index in [9.17, 15) is 26.7 Å². The van der Waals surface area contributed by atoms with Gasteiger partial charge in [0, 0.05) is 25.2 Å². The number of anilines is 1. The third-order valence-electron chi connectivity index (χ3n) is 6.57. The molecule has 2 N–H and O–H groups in total. The Bertz CT molecular complexity index is 1510. The molecule has 1 aromatic heterocycles. The molecule has 0 radical (unpaired) electrons. The molecular formula is C26H31N3O7S3. The minimum Gasteiger partial charge on any atom is -0.488 e. The van der Waals surface area contributed by atoms with Gasteiger partial charge < -0.3 is 14.7 Å². The lowest BCUT2D eigenvalue weighted by molar-refractivity contribution is 0.0387. The summed E-state index contributed by atoms with van der Waals surface area (Å²) in [5.41, 5.74) is 0.275. The fourth-order valence-electron chi connectivity index (χ4n) is 4.25. The highest BCUT2D eigenvalue weighted by molar-refractivity contribution is 7.94. The van der Waals surface area contributed by atoms with E-state index in [1.807, 2.05) is 6.92 Å². The van der Waals surface area contributed by atoms with Gasteiger partial charge in [0.1, 0.15) is 16.1 Å². The number of amides is 1. The van der Waals surface area contributed by atoms with Gasteiger partial charge in [0.2, 0.25) is 10.0 Å². The highest BCUT2D eigenvalue weighted by Crippen LogP contribution is 2.32. The van der Waals surface area contributed by atoms with E-state index >= 15 is 0 Å². The Kier molecular flexibility index (Phi) is 8.66. The highest BCUT2D eigenvalue weighted by Gasteiger charge is 2.35. The number of rotatable bonds is 9. The minimum absolute atomic E-state index is 0.000128. The number of fused-ring (bicyclic) bond motifs is 1. The van der Waals surface area contributed by atoms with Crippen LogP contribution in [-0.2, 0) is 20.0 Å². The number of thiophene rings is 1. The SMILES string of the molecule is C[C@@H]1CN([C@H](C)CO)C(=O)c2cc(NS(=O)(=O)c3cccs3)ccc2O[C@H]1CN(C)S(=O)(=O)c1ccccc1. The average molecular weight is 594 g/mol. The van der Waals surface area contributed by atoms with Crippen LogP contribution >= 0.6 is 11.3 Å². The number of hydrogen-bond donors (Lipinski definition) is 2. The Labute approximate surface area is 232 Å². The van der Waals surface area contributed by atoms with E-state index in [1.165, 1.54) is 52.7 Å². The van der Waals surface area contributed by atoms with Gasteiger partial charge in [-0.1, -0.05) is 31.2 Å². The molecule has 13 heteroatoms. The van der Waals surface area contributed by atoms with E-state index in [0.29, 0.717) is 0 Å². The molecular weight excluding hydrogens is 563 g/mol. The Morgan fingerprint density at radius 3 is 2.49 bits per heavy atom. The van der Waals surface area contributed by atoms with Crippen LogP contribution in [-0.4, -0.2) is 75.9 Å². The third-order valence-corrected chi connectivity index (χ3v) is 11.2. The maximum Gasteiger partial charge on any atom is 0.271 e. The number of nitrogens with zero attached hydrogens (tertiary/aromatic N) is 2. The summed E-state index contributed by atoms with van der Waals surface area (Å²) >= 11 is 1.07. The zero-order valence-corrected chi connectivity index (χ0v) is 24.2. The number of benzene rings is 2. The topological polar surface area (TPSA) is 133 Å². The van der Waals surface area contributed by atoms with Gasteiger partial charge in [-0.2, -0.15) is 4.31 Å². The molecule has 0 bridgehead atoms. The van der Waals surface area contributed by atoms with Crippen LogP contribution in [0.5, 0.6) is 5.75 Å². The number of sulfonamides is 2. The smallest absolute Gasteiger partial charge is 0.271 e. The molecule has 0 saturated carbocycles. The number of carbonyl (C=O) groups is 1. The summed E-state index contributed by atoms with van der Waals surface area (Å²) in [4.78, 5) is 15.3. The fraction of sp³-hybridized carbons (Fsp3) is 0.346. The number of likely N-dealkylation sites (N-methyl/N-ethyl adjacent to an activating group) is 1. The van der Waals surface area contributed by atoms with Crippen LogP contribution in [0.2, 0.25) is 0 Å². The lowest BCUT2D eigenvalue weighted by Crippen LogP contribution is -2.50. The van der Waals surface area contributed by atoms with Crippen molar-refractivity contribution in [1.82, 2.24) is 9.21 Å². The molecule has 0 fully saturated rings. The zero-order valence-electron chi connectivity index (χ0n) is 21.7. The third kappa shape index (κ3) is 6.28. The van der Waals surface area contributed by atoms with Gasteiger partial charge in [0.05, 0.1) is 29.7 Å². The van der Waals surface area contributed by atoms with E-state index in [4.69, 9.17) is 4.74 Å².